The fourth-order valence-corrected chi connectivity index (χ4v) is 2.91. The Hall–Kier alpha value is -0.970. The zero-order valence-electron chi connectivity index (χ0n) is 12.0. The van der Waals surface area contributed by atoms with Gasteiger partial charge in [0.15, 0.2) is 0 Å². The summed E-state index contributed by atoms with van der Waals surface area (Å²) in [5.74, 6) is 0. The predicted octanol–water partition coefficient (Wildman–Crippen LogP) is 1.36. The minimum atomic E-state index is 0.275. The third-order valence-corrected chi connectivity index (χ3v) is 3.89. The molecule has 1 saturated heterocycles. The number of aliphatic hydroxyl groups is 1. The predicted molar refractivity (Wildman–Crippen MR) is 76.8 cm³/mol. The first-order valence-corrected chi connectivity index (χ1v) is 7.18. The molecule has 19 heavy (non-hydrogen) atoms. The first-order chi connectivity index (χ1) is 9.20. The molecule has 106 valence electrons. The highest BCUT2D eigenvalue weighted by Gasteiger charge is 2.27. The van der Waals surface area contributed by atoms with E-state index in [0.717, 1.165) is 32.6 Å². The van der Waals surface area contributed by atoms with Crippen molar-refractivity contribution in [3.8, 4) is 0 Å². The fraction of sp³-hybridized carbons (Fsp3) is 0.667. The summed E-state index contributed by atoms with van der Waals surface area (Å²) < 4.78 is 0. The van der Waals surface area contributed by atoms with Crippen LogP contribution in [-0.2, 0) is 6.54 Å². The van der Waals surface area contributed by atoms with Gasteiger partial charge in [0, 0.05) is 57.3 Å². The van der Waals surface area contributed by atoms with E-state index in [4.69, 9.17) is 0 Å². The maximum Gasteiger partial charge on any atom is 0.0446 e. The minimum absolute atomic E-state index is 0.275. The van der Waals surface area contributed by atoms with Crippen molar-refractivity contribution >= 4 is 0 Å². The summed E-state index contributed by atoms with van der Waals surface area (Å²) in [4.78, 5) is 9.05. The van der Waals surface area contributed by atoms with E-state index in [0.29, 0.717) is 12.1 Å². The molecule has 0 aromatic carbocycles. The third kappa shape index (κ3) is 4.00. The number of piperazine rings is 1. The van der Waals surface area contributed by atoms with Crippen LogP contribution in [-0.4, -0.2) is 58.2 Å². The molecular formula is C15H25N3O. The van der Waals surface area contributed by atoms with Gasteiger partial charge in [-0.25, -0.2) is 0 Å². The Morgan fingerprint density at radius 2 is 2.05 bits per heavy atom. The Bertz CT molecular complexity index is 369. The van der Waals surface area contributed by atoms with Crippen molar-refractivity contribution in [1.82, 2.24) is 14.8 Å². The van der Waals surface area contributed by atoms with Crippen LogP contribution in [0, 0.1) is 0 Å². The fourth-order valence-electron chi connectivity index (χ4n) is 2.91. The Balaban J connectivity index is 1.94. The molecule has 0 unspecified atom stereocenters. The monoisotopic (exact) mass is 263 g/mol. The molecule has 1 aromatic heterocycles. The van der Waals surface area contributed by atoms with Gasteiger partial charge >= 0.3 is 0 Å². The second-order valence-corrected chi connectivity index (χ2v) is 5.59. The molecule has 1 aromatic rings. The molecule has 1 atom stereocenters. The number of nitrogens with zero attached hydrogens (tertiary/aromatic N) is 3. The van der Waals surface area contributed by atoms with E-state index in [2.05, 4.69) is 40.8 Å². The van der Waals surface area contributed by atoms with E-state index in [1.807, 2.05) is 12.4 Å². The summed E-state index contributed by atoms with van der Waals surface area (Å²) in [6.45, 7) is 8.97. The highest BCUT2D eigenvalue weighted by Crippen LogP contribution is 2.17. The highest BCUT2D eigenvalue weighted by atomic mass is 16.3. The molecule has 0 aliphatic carbocycles. The molecular weight excluding hydrogens is 238 g/mol. The van der Waals surface area contributed by atoms with E-state index >= 15 is 0 Å². The number of aromatic nitrogens is 1. The Labute approximate surface area is 116 Å². The van der Waals surface area contributed by atoms with E-state index in [9.17, 15) is 5.11 Å². The molecule has 0 amide bonds. The minimum Gasteiger partial charge on any atom is -0.396 e. The molecule has 1 fully saturated rings. The van der Waals surface area contributed by atoms with Gasteiger partial charge in [0.1, 0.15) is 0 Å². The Morgan fingerprint density at radius 1 is 1.32 bits per heavy atom. The molecule has 0 bridgehead atoms. The largest absolute Gasteiger partial charge is 0.396 e. The van der Waals surface area contributed by atoms with Crippen molar-refractivity contribution in [1.29, 1.82) is 0 Å². The van der Waals surface area contributed by atoms with Crippen LogP contribution in [0.3, 0.4) is 0 Å². The van der Waals surface area contributed by atoms with E-state index in [-0.39, 0.29) is 6.61 Å². The van der Waals surface area contributed by atoms with Crippen molar-refractivity contribution in [3.05, 3.63) is 30.1 Å². The van der Waals surface area contributed by atoms with Gasteiger partial charge in [0.25, 0.3) is 0 Å². The van der Waals surface area contributed by atoms with E-state index in [1.165, 1.54) is 5.56 Å². The van der Waals surface area contributed by atoms with E-state index < -0.39 is 0 Å². The smallest absolute Gasteiger partial charge is 0.0446 e. The zero-order chi connectivity index (χ0) is 13.7. The normalized spacial score (nSPS) is 22.0. The Morgan fingerprint density at radius 3 is 2.68 bits per heavy atom. The lowest BCUT2D eigenvalue weighted by molar-refractivity contribution is 0.0349. The lowest BCUT2D eigenvalue weighted by atomic mass is 10.1. The van der Waals surface area contributed by atoms with Gasteiger partial charge in [0.05, 0.1) is 0 Å². The Kier molecular flexibility index (Phi) is 5.31. The number of hydrogen-bond donors (Lipinski definition) is 1. The second kappa shape index (κ2) is 6.98. The number of hydrogen-bond acceptors (Lipinski definition) is 4. The average Bonchev–Trinajstić information content (AvgIpc) is 2.40. The second-order valence-electron chi connectivity index (χ2n) is 5.59. The number of rotatable bonds is 5. The molecule has 0 saturated carbocycles. The molecule has 0 radical (unpaired) electrons. The molecule has 0 spiro atoms. The maximum absolute atomic E-state index is 9.24. The summed E-state index contributed by atoms with van der Waals surface area (Å²) in [5.41, 5.74) is 1.32. The summed E-state index contributed by atoms with van der Waals surface area (Å²) in [6.07, 6.45) is 4.57. The van der Waals surface area contributed by atoms with Crippen LogP contribution in [0.25, 0.3) is 0 Å². The van der Waals surface area contributed by atoms with Gasteiger partial charge in [0.2, 0.25) is 0 Å². The van der Waals surface area contributed by atoms with Crippen LogP contribution < -0.4 is 0 Å². The van der Waals surface area contributed by atoms with Crippen molar-refractivity contribution in [2.75, 3.05) is 26.2 Å². The topological polar surface area (TPSA) is 39.6 Å². The van der Waals surface area contributed by atoms with Gasteiger partial charge < -0.3 is 5.11 Å². The zero-order valence-corrected chi connectivity index (χ0v) is 12.0. The molecule has 1 N–H and O–H groups in total. The third-order valence-electron chi connectivity index (χ3n) is 3.89. The van der Waals surface area contributed by atoms with Crippen LogP contribution in [0.2, 0.25) is 0 Å². The van der Waals surface area contributed by atoms with Gasteiger partial charge in [-0.2, -0.15) is 0 Å². The lowest BCUT2D eigenvalue weighted by Gasteiger charge is -2.43. The summed E-state index contributed by atoms with van der Waals surface area (Å²) in [5, 5.41) is 9.24. The van der Waals surface area contributed by atoms with Crippen LogP contribution in [0.4, 0.5) is 0 Å². The highest BCUT2D eigenvalue weighted by molar-refractivity contribution is 5.09. The van der Waals surface area contributed by atoms with Crippen LogP contribution in [0.5, 0.6) is 0 Å². The molecule has 4 nitrogen and oxygen atoms in total. The maximum atomic E-state index is 9.24. The standard InChI is InChI=1S/C15H25N3O/c1-13(2)18-9-8-17(12-15(18)5-10-19)11-14-3-6-16-7-4-14/h3-4,6-7,13,15,19H,5,8-12H2,1-2H3/t15-/m1/s1. The summed E-state index contributed by atoms with van der Waals surface area (Å²) in [7, 11) is 0. The molecule has 2 rings (SSSR count). The molecule has 4 heteroatoms. The SMILES string of the molecule is CC(C)N1CCN(Cc2ccncc2)C[C@H]1CCO. The van der Waals surface area contributed by atoms with Crippen molar-refractivity contribution in [2.45, 2.75) is 38.9 Å². The first-order valence-electron chi connectivity index (χ1n) is 7.18. The lowest BCUT2D eigenvalue weighted by Crippen LogP contribution is -2.55. The first kappa shape index (κ1) is 14.4. The number of pyridine rings is 1. The quantitative estimate of drug-likeness (QED) is 0.871. The van der Waals surface area contributed by atoms with Gasteiger partial charge in [-0.15, -0.1) is 0 Å². The van der Waals surface area contributed by atoms with Crippen LogP contribution in [0.1, 0.15) is 25.8 Å². The van der Waals surface area contributed by atoms with Crippen LogP contribution >= 0.6 is 0 Å². The van der Waals surface area contributed by atoms with Crippen molar-refractivity contribution in [3.63, 3.8) is 0 Å². The summed E-state index contributed by atoms with van der Waals surface area (Å²) >= 11 is 0. The van der Waals surface area contributed by atoms with Crippen LogP contribution in [0.15, 0.2) is 24.5 Å². The van der Waals surface area contributed by atoms with Gasteiger partial charge in [-0.05, 0) is 38.0 Å². The molecule has 1 aliphatic rings. The van der Waals surface area contributed by atoms with Gasteiger partial charge in [-0.1, -0.05) is 0 Å². The van der Waals surface area contributed by atoms with Crippen molar-refractivity contribution < 1.29 is 5.11 Å². The van der Waals surface area contributed by atoms with E-state index in [1.54, 1.807) is 0 Å². The molecule has 2 heterocycles. The average molecular weight is 263 g/mol. The summed E-state index contributed by atoms with van der Waals surface area (Å²) in [6, 6.07) is 5.19. The van der Waals surface area contributed by atoms with Gasteiger partial charge in [-0.3, -0.25) is 14.8 Å². The van der Waals surface area contributed by atoms with Crippen molar-refractivity contribution in [2.24, 2.45) is 0 Å². The number of aliphatic hydroxyl groups excluding tert-OH is 1. The molecule has 1 aliphatic heterocycles.